The number of amides is 2. The smallest absolute Gasteiger partial charge is 0.235 e. The molecule has 2 heterocycles. The predicted molar refractivity (Wildman–Crippen MR) is 96.5 cm³/mol. The van der Waals surface area contributed by atoms with Crippen molar-refractivity contribution in [2.75, 3.05) is 18.5 Å². The minimum Gasteiger partial charge on any atom is -0.424 e. The molecule has 1 aromatic heterocycles. The van der Waals surface area contributed by atoms with Crippen LogP contribution in [0.1, 0.15) is 43.5 Å². The number of carbonyl (C=O) groups excluding carboxylic acids is 2. The molecule has 7 heteroatoms. The number of benzene rings is 1. The van der Waals surface area contributed by atoms with Crippen molar-refractivity contribution >= 4 is 17.5 Å². The molecule has 1 aliphatic rings. The molecule has 1 aliphatic heterocycles. The molecule has 0 aliphatic carbocycles. The molecule has 2 aromatic rings. The molecule has 2 amide bonds. The van der Waals surface area contributed by atoms with Crippen LogP contribution < -0.4 is 4.90 Å². The normalized spacial score (nSPS) is 17.2. The number of hydrogen-bond acceptors (Lipinski definition) is 5. The lowest BCUT2D eigenvalue weighted by Gasteiger charge is -2.20. The number of aryl methyl sites for hydroxylation is 1. The average Bonchev–Trinajstić information content (AvgIpc) is 3.19. The van der Waals surface area contributed by atoms with E-state index in [0.29, 0.717) is 24.2 Å². The lowest BCUT2D eigenvalue weighted by Crippen LogP contribution is -2.34. The van der Waals surface area contributed by atoms with Gasteiger partial charge in [-0.15, -0.1) is 10.2 Å². The molecule has 1 saturated heterocycles. The Balaban J connectivity index is 1.65. The predicted octanol–water partition coefficient (Wildman–Crippen LogP) is 2.51. The van der Waals surface area contributed by atoms with Gasteiger partial charge in [0.25, 0.3) is 0 Å². The number of anilines is 1. The molecular formula is C19H24N4O3. The molecule has 0 spiro atoms. The van der Waals surface area contributed by atoms with Gasteiger partial charge in [-0.2, -0.15) is 0 Å². The van der Waals surface area contributed by atoms with Gasteiger partial charge in [-0.1, -0.05) is 26.0 Å². The molecule has 1 atom stereocenters. The number of nitrogens with zero attached hydrogens (tertiary/aromatic N) is 4. The SMILES string of the molecule is Cc1nnc(CN(C)C(=O)C2CC(=O)N(c3ccc(C(C)C)cc3)C2)o1. The van der Waals surface area contributed by atoms with Crippen LogP contribution in [0.25, 0.3) is 0 Å². The highest BCUT2D eigenvalue weighted by Crippen LogP contribution is 2.28. The Morgan fingerprint density at radius 2 is 2.00 bits per heavy atom. The van der Waals surface area contributed by atoms with Crippen molar-refractivity contribution in [3.63, 3.8) is 0 Å². The van der Waals surface area contributed by atoms with Crippen LogP contribution in [0.3, 0.4) is 0 Å². The van der Waals surface area contributed by atoms with Crippen LogP contribution in [0.4, 0.5) is 5.69 Å². The van der Waals surface area contributed by atoms with Crippen LogP contribution in [0.2, 0.25) is 0 Å². The Morgan fingerprint density at radius 3 is 2.58 bits per heavy atom. The maximum atomic E-state index is 12.7. The van der Waals surface area contributed by atoms with Gasteiger partial charge in [0.1, 0.15) is 0 Å². The van der Waals surface area contributed by atoms with Crippen LogP contribution >= 0.6 is 0 Å². The van der Waals surface area contributed by atoms with E-state index in [1.54, 1.807) is 18.9 Å². The van der Waals surface area contributed by atoms with Crippen molar-refractivity contribution in [2.45, 2.75) is 39.7 Å². The zero-order chi connectivity index (χ0) is 18.8. The highest BCUT2D eigenvalue weighted by Gasteiger charge is 2.36. The van der Waals surface area contributed by atoms with Gasteiger partial charge in [0.2, 0.25) is 23.6 Å². The van der Waals surface area contributed by atoms with Gasteiger partial charge in [-0.25, -0.2) is 0 Å². The fraction of sp³-hybridized carbons (Fsp3) is 0.474. The first-order valence-electron chi connectivity index (χ1n) is 8.79. The fourth-order valence-electron chi connectivity index (χ4n) is 3.16. The fourth-order valence-corrected chi connectivity index (χ4v) is 3.16. The van der Waals surface area contributed by atoms with E-state index in [4.69, 9.17) is 4.42 Å². The van der Waals surface area contributed by atoms with Crippen LogP contribution in [0.5, 0.6) is 0 Å². The number of hydrogen-bond donors (Lipinski definition) is 0. The van der Waals surface area contributed by atoms with Crippen molar-refractivity contribution in [1.29, 1.82) is 0 Å². The minimum atomic E-state index is -0.360. The molecule has 26 heavy (non-hydrogen) atoms. The molecule has 0 saturated carbocycles. The highest BCUT2D eigenvalue weighted by molar-refractivity contribution is 6.00. The average molecular weight is 356 g/mol. The molecule has 1 unspecified atom stereocenters. The third-order valence-corrected chi connectivity index (χ3v) is 4.66. The molecule has 0 radical (unpaired) electrons. The maximum absolute atomic E-state index is 12.7. The summed E-state index contributed by atoms with van der Waals surface area (Å²) in [6.07, 6.45) is 0.220. The number of aromatic nitrogens is 2. The van der Waals surface area contributed by atoms with Crippen LogP contribution in [-0.2, 0) is 16.1 Å². The number of rotatable bonds is 5. The van der Waals surface area contributed by atoms with E-state index in [-0.39, 0.29) is 30.7 Å². The lowest BCUT2D eigenvalue weighted by molar-refractivity contribution is -0.135. The van der Waals surface area contributed by atoms with Crippen molar-refractivity contribution in [2.24, 2.45) is 5.92 Å². The van der Waals surface area contributed by atoms with E-state index >= 15 is 0 Å². The van der Waals surface area contributed by atoms with E-state index in [1.807, 2.05) is 24.3 Å². The Kier molecular flexibility index (Phi) is 5.06. The van der Waals surface area contributed by atoms with E-state index in [1.165, 1.54) is 10.5 Å². The van der Waals surface area contributed by atoms with E-state index in [9.17, 15) is 9.59 Å². The molecule has 138 valence electrons. The van der Waals surface area contributed by atoms with Crippen LogP contribution in [0.15, 0.2) is 28.7 Å². The summed E-state index contributed by atoms with van der Waals surface area (Å²) in [4.78, 5) is 28.3. The van der Waals surface area contributed by atoms with Crippen molar-refractivity contribution in [3.05, 3.63) is 41.6 Å². The first-order chi connectivity index (χ1) is 12.3. The van der Waals surface area contributed by atoms with E-state index in [2.05, 4.69) is 24.0 Å². The summed E-state index contributed by atoms with van der Waals surface area (Å²) in [5.74, 6) is 0.825. The van der Waals surface area contributed by atoms with Gasteiger partial charge in [-0.05, 0) is 23.6 Å². The zero-order valence-electron chi connectivity index (χ0n) is 15.6. The summed E-state index contributed by atoms with van der Waals surface area (Å²) in [6.45, 7) is 6.60. The zero-order valence-corrected chi connectivity index (χ0v) is 15.6. The third kappa shape index (κ3) is 3.76. The van der Waals surface area contributed by atoms with E-state index in [0.717, 1.165) is 5.69 Å². The second-order valence-corrected chi connectivity index (χ2v) is 7.06. The summed E-state index contributed by atoms with van der Waals surface area (Å²) in [5.41, 5.74) is 2.06. The number of carbonyl (C=O) groups is 2. The van der Waals surface area contributed by atoms with Gasteiger partial charge in [0, 0.05) is 32.6 Å². The van der Waals surface area contributed by atoms with Gasteiger partial charge < -0.3 is 14.2 Å². The molecule has 3 rings (SSSR count). The molecule has 0 bridgehead atoms. The Hall–Kier alpha value is -2.70. The van der Waals surface area contributed by atoms with Crippen molar-refractivity contribution in [3.8, 4) is 0 Å². The topological polar surface area (TPSA) is 79.5 Å². The molecule has 1 aromatic carbocycles. The standard InChI is InChI=1S/C19H24N4O3/c1-12(2)14-5-7-16(8-6-14)23-10-15(9-18(23)24)19(25)22(4)11-17-21-20-13(3)26-17/h5-8,12,15H,9-11H2,1-4H3. The Bertz CT molecular complexity index is 797. The van der Waals surface area contributed by atoms with Crippen LogP contribution in [-0.4, -0.2) is 40.5 Å². The second kappa shape index (κ2) is 7.27. The minimum absolute atomic E-state index is 0.0253. The first-order valence-corrected chi connectivity index (χ1v) is 8.79. The van der Waals surface area contributed by atoms with Crippen molar-refractivity contribution < 1.29 is 14.0 Å². The second-order valence-electron chi connectivity index (χ2n) is 7.06. The summed E-state index contributed by atoms with van der Waals surface area (Å²) in [5, 5.41) is 7.67. The highest BCUT2D eigenvalue weighted by atomic mass is 16.4. The monoisotopic (exact) mass is 356 g/mol. The summed E-state index contributed by atoms with van der Waals surface area (Å²) < 4.78 is 5.32. The van der Waals surface area contributed by atoms with Gasteiger partial charge in [0.15, 0.2) is 0 Å². The van der Waals surface area contributed by atoms with Gasteiger partial charge in [-0.3, -0.25) is 9.59 Å². The summed E-state index contributed by atoms with van der Waals surface area (Å²) in [6, 6.07) is 7.97. The van der Waals surface area contributed by atoms with E-state index < -0.39 is 0 Å². The van der Waals surface area contributed by atoms with Gasteiger partial charge in [0.05, 0.1) is 12.5 Å². The molecule has 1 fully saturated rings. The largest absolute Gasteiger partial charge is 0.424 e. The van der Waals surface area contributed by atoms with Gasteiger partial charge >= 0.3 is 0 Å². The Morgan fingerprint density at radius 1 is 1.31 bits per heavy atom. The van der Waals surface area contributed by atoms with Crippen LogP contribution in [0, 0.1) is 12.8 Å². The maximum Gasteiger partial charge on any atom is 0.235 e. The Labute approximate surface area is 153 Å². The first kappa shape index (κ1) is 18.1. The lowest BCUT2D eigenvalue weighted by atomic mass is 10.0. The summed E-state index contributed by atoms with van der Waals surface area (Å²) in [7, 11) is 1.69. The summed E-state index contributed by atoms with van der Waals surface area (Å²) >= 11 is 0. The van der Waals surface area contributed by atoms with Crippen molar-refractivity contribution in [1.82, 2.24) is 15.1 Å². The molecular weight excluding hydrogens is 332 g/mol. The third-order valence-electron chi connectivity index (χ3n) is 4.66. The molecule has 7 nitrogen and oxygen atoms in total. The quantitative estimate of drug-likeness (QED) is 0.822. The molecule has 0 N–H and O–H groups in total.